The van der Waals surface area contributed by atoms with Crippen molar-refractivity contribution in [2.45, 2.75) is 26.9 Å². The Balaban J connectivity index is 3.98. The summed E-state index contributed by atoms with van der Waals surface area (Å²) in [5, 5.41) is 12.5. The highest BCUT2D eigenvalue weighted by Gasteiger charge is 2.22. The Morgan fingerprint density at radius 2 is 2.20 bits per heavy atom. The minimum Gasteiger partial charge on any atom is -0.393 e. The van der Waals surface area contributed by atoms with Crippen LogP contribution in [0, 0.1) is 5.41 Å². The van der Waals surface area contributed by atoms with Gasteiger partial charge in [0.05, 0.1) is 6.10 Å². The number of aliphatic hydroxyl groups is 1. The van der Waals surface area contributed by atoms with Crippen LogP contribution in [0.25, 0.3) is 10.4 Å². The Labute approximate surface area is 60.5 Å². The van der Waals surface area contributed by atoms with E-state index >= 15 is 0 Å². The zero-order valence-electron chi connectivity index (χ0n) is 6.57. The van der Waals surface area contributed by atoms with Crippen molar-refractivity contribution in [2.75, 3.05) is 6.54 Å². The highest BCUT2D eigenvalue weighted by atomic mass is 16.3. The molecule has 0 amide bonds. The molecule has 1 N–H and O–H groups in total. The molecule has 0 saturated heterocycles. The van der Waals surface area contributed by atoms with Crippen molar-refractivity contribution in [1.82, 2.24) is 0 Å². The van der Waals surface area contributed by atoms with Gasteiger partial charge in [0.2, 0.25) is 0 Å². The molecule has 58 valence electrons. The first-order valence-electron chi connectivity index (χ1n) is 3.19. The van der Waals surface area contributed by atoms with Gasteiger partial charge in [-0.25, -0.2) is 0 Å². The maximum absolute atomic E-state index is 9.12. The summed E-state index contributed by atoms with van der Waals surface area (Å²) >= 11 is 0. The fourth-order valence-corrected chi connectivity index (χ4v) is 0.346. The molecule has 0 spiro atoms. The van der Waals surface area contributed by atoms with Crippen molar-refractivity contribution in [3.05, 3.63) is 10.4 Å². The SMILES string of the molecule is CC(O)C(C)(C)CN=[N+]=[N-]. The van der Waals surface area contributed by atoms with E-state index in [1.54, 1.807) is 6.92 Å². The zero-order valence-corrected chi connectivity index (χ0v) is 6.57. The van der Waals surface area contributed by atoms with Crippen LogP contribution >= 0.6 is 0 Å². The van der Waals surface area contributed by atoms with Gasteiger partial charge in [-0.1, -0.05) is 19.0 Å². The summed E-state index contributed by atoms with van der Waals surface area (Å²) in [6, 6.07) is 0. The first-order chi connectivity index (χ1) is 4.50. The van der Waals surface area contributed by atoms with E-state index in [1.807, 2.05) is 13.8 Å². The molecule has 0 bridgehead atoms. The first-order valence-corrected chi connectivity index (χ1v) is 3.19. The minimum atomic E-state index is -0.446. The van der Waals surface area contributed by atoms with E-state index in [0.717, 1.165) is 0 Å². The Hall–Kier alpha value is -0.730. The standard InChI is InChI=1S/C6H13N3O/c1-5(10)6(2,3)4-8-9-7/h5,10H,4H2,1-3H3. The van der Waals surface area contributed by atoms with Gasteiger partial charge < -0.3 is 5.11 Å². The summed E-state index contributed by atoms with van der Waals surface area (Å²) in [6.07, 6.45) is -0.446. The van der Waals surface area contributed by atoms with Gasteiger partial charge in [0.1, 0.15) is 0 Å². The van der Waals surface area contributed by atoms with Crippen LogP contribution in [0.15, 0.2) is 5.11 Å². The van der Waals surface area contributed by atoms with Crippen LogP contribution in [0.3, 0.4) is 0 Å². The lowest BCUT2D eigenvalue weighted by atomic mass is 9.88. The molecule has 0 aromatic heterocycles. The fraction of sp³-hybridized carbons (Fsp3) is 1.00. The van der Waals surface area contributed by atoms with Gasteiger partial charge in [-0.2, -0.15) is 0 Å². The van der Waals surface area contributed by atoms with Crippen LogP contribution in [-0.2, 0) is 0 Å². The van der Waals surface area contributed by atoms with E-state index in [2.05, 4.69) is 10.0 Å². The quantitative estimate of drug-likeness (QED) is 0.364. The van der Waals surface area contributed by atoms with Crippen LogP contribution in [0.1, 0.15) is 20.8 Å². The summed E-state index contributed by atoms with van der Waals surface area (Å²) in [7, 11) is 0. The predicted octanol–water partition coefficient (Wildman–Crippen LogP) is 1.70. The van der Waals surface area contributed by atoms with Crippen molar-refractivity contribution in [2.24, 2.45) is 10.5 Å². The molecule has 0 saturated carbocycles. The molecule has 0 fully saturated rings. The molecule has 4 heteroatoms. The van der Waals surface area contributed by atoms with Crippen molar-refractivity contribution in [3.63, 3.8) is 0 Å². The monoisotopic (exact) mass is 143 g/mol. The maximum atomic E-state index is 9.12. The smallest absolute Gasteiger partial charge is 0.0564 e. The molecular formula is C6H13N3O. The highest BCUT2D eigenvalue weighted by molar-refractivity contribution is 4.76. The summed E-state index contributed by atoms with van der Waals surface area (Å²) < 4.78 is 0. The summed E-state index contributed by atoms with van der Waals surface area (Å²) in [5.74, 6) is 0. The average molecular weight is 143 g/mol. The molecular weight excluding hydrogens is 130 g/mol. The average Bonchev–Trinajstić information content (AvgIpc) is 1.84. The van der Waals surface area contributed by atoms with Crippen molar-refractivity contribution in [1.29, 1.82) is 0 Å². The summed E-state index contributed by atoms with van der Waals surface area (Å²) in [5.41, 5.74) is 7.67. The zero-order chi connectivity index (χ0) is 8.20. The Bertz CT molecular complexity index is 147. The summed E-state index contributed by atoms with van der Waals surface area (Å²) in [6.45, 7) is 5.73. The normalized spacial score (nSPS) is 14.0. The molecule has 0 heterocycles. The van der Waals surface area contributed by atoms with Gasteiger partial charge in [-0.3, -0.25) is 0 Å². The van der Waals surface area contributed by atoms with E-state index in [-0.39, 0.29) is 5.41 Å². The third kappa shape index (κ3) is 2.71. The van der Waals surface area contributed by atoms with Gasteiger partial charge >= 0.3 is 0 Å². The second kappa shape index (κ2) is 3.44. The first kappa shape index (κ1) is 9.27. The molecule has 1 atom stereocenters. The molecule has 0 aliphatic rings. The van der Waals surface area contributed by atoms with Crippen LogP contribution in [0.2, 0.25) is 0 Å². The minimum absolute atomic E-state index is 0.313. The van der Waals surface area contributed by atoms with Gasteiger partial charge in [0, 0.05) is 11.5 Å². The van der Waals surface area contributed by atoms with Crippen molar-refractivity contribution >= 4 is 0 Å². The molecule has 0 radical (unpaired) electrons. The molecule has 1 unspecified atom stereocenters. The Kier molecular flexibility index (Phi) is 3.19. The summed E-state index contributed by atoms with van der Waals surface area (Å²) in [4.78, 5) is 2.62. The lowest BCUT2D eigenvalue weighted by molar-refractivity contribution is 0.0727. The van der Waals surface area contributed by atoms with Gasteiger partial charge in [-0.05, 0) is 17.9 Å². The van der Waals surface area contributed by atoms with Crippen molar-refractivity contribution in [3.8, 4) is 0 Å². The third-order valence-corrected chi connectivity index (χ3v) is 1.67. The van der Waals surface area contributed by atoms with Crippen LogP contribution in [0.5, 0.6) is 0 Å². The molecule has 4 nitrogen and oxygen atoms in total. The van der Waals surface area contributed by atoms with Crippen LogP contribution < -0.4 is 0 Å². The lowest BCUT2D eigenvalue weighted by Crippen LogP contribution is -2.29. The van der Waals surface area contributed by atoms with E-state index in [0.29, 0.717) is 6.54 Å². The molecule has 0 rings (SSSR count). The topological polar surface area (TPSA) is 69.0 Å². The highest BCUT2D eigenvalue weighted by Crippen LogP contribution is 2.20. The third-order valence-electron chi connectivity index (χ3n) is 1.67. The van der Waals surface area contributed by atoms with Crippen LogP contribution in [-0.4, -0.2) is 17.8 Å². The number of nitrogens with zero attached hydrogens (tertiary/aromatic N) is 3. The number of azide groups is 1. The van der Waals surface area contributed by atoms with Crippen molar-refractivity contribution < 1.29 is 5.11 Å². The van der Waals surface area contributed by atoms with E-state index in [9.17, 15) is 0 Å². The number of hydrogen-bond acceptors (Lipinski definition) is 2. The Morgan fingerprint density at radius 3 is 2.50 bits per heavy atom. The Morgan fingerprint density at radius 1 is 1.70 bits per heavy atom. The second-order valence-electron chi connectivity index (χ2n) is 3.05. The molecule has 0 aliphatic carbocycles. The predicted molar refractivity (Wildman–Crippen MR) is 39.5 cm³/mol. The number of aliphatic hydroxyl groups excluding tert-OH is 1. The largest absolute Gasteiger partial charge is 0.393 e. The van der Waals surface area contributed by atoms with Crippen LogP contribution in [0.4, 0.5) is 0 Å². The van der Waals surface area contributed by atoms with E-state index in [1.165, 1.54) is 0 Å². The number of hydrogen-bond donors (Lipinski definition) is 1. The van der Waals surface area contributed by atoms with E-state index in [4.69, 9.17) is 10.6 Å². The number of rotatable bonds is 3. The molecule has 10 heavy (non-hydrogen) atoms. The molecule has 0 aromatic rings. The van der Waals surface area contributed by atoms with Gasteiger partial charge in [0.15, 0.2) is 0 Å². The maximum Gasteiger partial charge on any atom is 0.0564 e. The van der Waals surface area contributed by atoms with Gasteiger partial charge in [-0.15, -0.1) is 0 Å². The molecule has 0 aliphatic heterocycles. The fourth-order valence-electron chi connectivity index (χ4n) is 0.346. The van der Waals surface area contributed by atoms with Gasteiger partial charge in [0.25, 0.3) is 0 Å². The lowest BCUT2D eigenvalue weighted by Gasteiger charge is -2.25. The molecule has 0 aromatic carbocycles. The second-order valence-corrected chi connectivity index (χ2v) is 3.05. The van der Waals surface area contributed by atoms with E-state index < -0.39 is 6.10 Å².